The van der Waals surface area contributed by atoms with Crippen LogP contribution in [0.4, 0.5) is 0 Å². The van der Waals surface area contributed by atoms with Gasteiger partial charge in [0.15, 0.2) is 0 Å². The third-order valence-corrected chi connectivity index (χ3v) is 4.05. The summed E-state index contributed by atoms with van der Waals surface area (Å²) in [6, 6.07) is 4.42. The second kappa shape index (κ2) is 6.61. The van der Waals surface area contributed by atoms with Crippen LogP contribution in [0.25, 0.3) is 10.9 Å². The Hall–Kier alpha value is -0.355. The minimum Gasteiger partial charge on any atom is -0.282 e. The van der Waals surface area contributed by atoms with Gasteiger partial charge in [0.2, 0.25) is 0 Å². The third-order valence-electron chi connectivity index (χ3n) is 2.25. The molecule has 0 saturated heterocycles. The molecule has 0 amide bonds. The van der Waals surface area contributed by atoms with E-state index >= 15 is 0 Å². The van der Waals surface area contributed by atoms with Crippen LogP contribution >= 0.6 is 0 Å². The van der Waals surface area contributed by atoms with Crippen LogP contribution in [0, 0.1) is 0 Å². The molecule has 1 aromatic carbocycles. The van der Waals surface area contributed by atoms with Gasteiger partial charge in [-0.2, -0.15) is 16.8 Å². The molecule has 0 atom stereocenters. The first-order chi connectivity index (χ1) is 8.21. The Morgan fingerprint density at radius 2 is 1.35 bits per heavy atom. The average Bonchev–Trinajstić information content (AvgIpc) is 2.24. The number of aromatic nitrogens is 1. The van der Waals surface area contributed by atoms with Crippen molar-refractivity contribution in [1.82, 2.24) is 4.98 Å². The van der Waals surface area contributed by atoms with Crippen LogP contribution in [0.5, 0.6) is 0 Å². The van der Waals surface area contributed by atoms with E-state index in [-0.39, 0.29) is 48.6 Å². The average molecular weight is 303 g/mol. The first kappa shape index (κ1) is 19.6. The maximum absolute atomic E-state index is 11.1. The Bertz CT molecular complexity index is 764. The quantitative estimate of drug-likeness (QED) is 0.590. The Kier molecular flexibility index (Phi) is 6.49. The first-order valence-corrected chi connectivity index (χ1v) is 7.42. The van der Waals surface area contributed by atoms with E-state index in [1.54, 1.807) is 0 Å². The molecule has 1 heterocycles. The zero-order chi connectivity index (χ0) is 13.6. The van der Waals surface area contributed by atoms with Crippen molar-refractivity contribution in [3.8, 4) is 0 Å². The number of nitrogens with zero attached hydrogens (tertiary/aromatic N) is 1. The maximum Gasteiger partial charge on any atom is 0.296 e. The third kappa shape index (κ3) is 3.85. The molecule has 2 aromatic rings. The molecule has 2 N–H and O–H groups in total. The SMILES string of the molecule is O=S(=O)(O)c1ccc(S(=O)(=O)O)c2ncccc12.[Li].[Li]. The van der Waals surface area contributed by atoms with Gasteiger partial charge in [-0.15, -0.1) is 0 Å². The van der Waals surface area contributed by atoms with Gasteiger partial charge in [0.1, 0.15) is 9.79 Å². The summed E-state index contributed by atoms with van der Waals surface area (Å²) in [7, 11) is -9.04. The van der Waals surface area contributed by atoms with Crippen LogP contribution in [-0.2, 0) is 20.2 Å². The van der Waals surface area contributed by atoms with Gasteiger partial charge in [-0.1, -0.05) is 0 Å². The molecule has 0 bridgehead atoms. The molecule has 2 radical (unpaired) electrons. The number of pyridine rings is 1. The van der Waals surface area contributed by atoms with E-state index in [2.05, 4.69) is 4.98 Å². The fourth-order valence-electron chi connectivity index (χ4n) is 1.55. The molecule has 0 unspecified atom stereocenters. The molecule has 0 saturated carbocycles. The monoisotopic (exact) mass is 303 g/mol. The van der Waals surface area contributed by atoms with Crippen molar-refractivity contribution < 1.29 is 25.9 Å². The van der Waals surface area contributed by atoms with Crippen molar-refractivity contribution in [3.63, 3.8) is 0 Å². The molecule has 20 heavy (non-hydrogen) atoms. The van der Waals surface area contributed by atoms with E-state index in [9.17, 15) is 16.8 Å². The van der Waals surface area contributed by atoms with Crippen LogP contribution in [0.15, 0.2) is 40.3 Å². The Labute approximate surface area is 139 Å². The Morgan fingerprint density at radius 3 is 1.85 bits per heavy atom. The number of hydrogen-bond donors (Lipinski definition) is 2. The van der Waals surface area contributed by atoms with Crippen LogP contribution in [0.1, 0.15) is 0 Å². The maximum atomic E-state index is 11.1. The number of rotatable bonds is 2. The largest absolute Gasteiger partial charge is 0.296 e. The molecule has 0 fully saturated rings. The van der Waals surface area contributed by atoms with Crippen LogP contribution in [-0.4, -0.2) is 68.6 Å². The van der Waals surface area contributed by atoms with Gasteiger partial charge in [-0.3, -0.25) is 14.1 Å². The fourth-order valence-corrected chi connectivity index (χ4v) is 2.88. The van der Waals surface area contributed by atoms with E-state index in [1.165, 1.54) is 18.3 Å². The van der Waals surface area contributed by atoms with Gasteiger partial charge in [-0.25, -0.2) is 0 Å². The number of benzene rings is 1. The van der Waals surface area contributed by atoms with E-state index in [1.807, 2.05) is 0 Å². The molecule has 98 valence electrons. The predicted octanol–water partition coefficient (Wildman–Crippen LogP) is -0.0334. The molecule has 0 aliphatic rings. The molecule has 0 aliphatic heterocycles. The normalized spacial score (nSPS) is 11.5. The van der Waals surface area contributed by atoms with Gasteiger partial charge in [0.25, 0.3) is 20.2 Å². The van der Waals surface area contributed by atoms with Crippen LogP contribution in [0.2, 0.25) is 0 Å². The summed E-state index contributed by atoms with van der Waals surface area (Å²) in [5.41, 5.74) is -0.227. The van der Waals surface area contributed by atoms with Crippen LogP contribution < -0.4 is 0 Å². The zero-order valence-corrected chi connectivity index (χ0v) is 12.3. The number of fused-ring (bicyclic) bond motifs is 1. The van der Waals surface area contributed by atoms with Crippen molar-refractivity contribution in [3.05, 3.63) is 30.5 Å². The van der Waals surface area contributed by atoms with Crippen molar-refractivity contribution in [1.29, 1.82) is 0 Å². The van der Waals surface area contributed by atoms with Crippen molar-refractivity contribution in [2.24, 2.45) is 0 Å². The predicted molar refractivity (Wildman–Crippen MR) is 72.9 cm³/mol. The summed E-state index contributed by atoms with van der Waals surface area (Å²) in [4.78, 5) is 2.71. The first-order valence-electron chi connectivity index (χ1n) is 4.54. The molecule has 2 rings (SSSR count). The molecule has 0 spiro atoms. The van der Waals surface area contributed by atoms with Gasteiger partial charge < -0.3 is 0 Å². The molecular weight excluding hydrogens is 296 g/mol. The van der Waals surface area contributed by atoms with Gasteiger partial charge in [-0.05, 0) is 24.3 Å². The van der Waals surface area contributed by atoms with Gasteiger partial charge in [0.05, 0.1) is 5.52 Å². The molecule has 11 heteroatoms. The van der Waals surface area contributed by atoms with E-state index in [0.717, 1.165) is 12.1 Å². The summed E-state index contributed by atoms with van der Waals surface area (Å²) >= 11 is 0. The second-order valence-electron chi connectivity index (χ2n) is 3.41. The standard InChI is InChI=1S/C9H7NO6S2.2Li/c11-17(12,13)7-3-4-8(18(14,15)16)9-6(7)2-1-5-10-9;;/h1-5H,(H,11,12,13)(H,14,15,16);;. The summed E-state index contributed by atoms with van der Waals surface area (Å²) in [5, 5.41) is -0.0878. The fraction of sp³-hybridized carbons (Fsp3) is 0. The Morgan fingerprint density at radius 1 is 0.850 bits per heavy atom. The summed E-state index contributed by atoms with van der Waals surface area (Å²) in [5.74, 6) is 0. The minimum atomic E-state index is -4.53. The van der Waals surface area contributed by atoms with Crippen molar-refractivity contribution in [2.45, 2.75) is 9.79 Å². The zero-order valence-electron chi connectivity index (χ0n) is 10.7. The smallest absolute Gasteiger partial charge is 0.282 e. The van der Waals surface area contributed by atoms with Gasteiger partial charge in [0, 0.05) is 49.3 Å². The number of hydrogen-bond acceptors (Lipinski definition) is 5. The van der Waals surface area contributed by atoms with E-state index in [4.69, 9.17) is 9.11 Å². The molecule has 0 aliphatic carbocycles. The van der Waals surface area contributed by atoms with E-state index < -0.39 is 30.0 Å². The Balaban J connectivity index is 0.00000180. The molecular formula is C9H7Li2NO6S2. The summed E-state index contributed by atoms with van der Waals surface area (Å²) < 4.78 is 62.5. The minimum absolute atomic E-state index is 0. The second-order valence-corrected chi connectivity index (χ2v) is 6.19. The molecule has 7 nitrogen and oxygen atoms in total. The summed E-state index contributed by atoms with van der Waals surface area (Å²) in [6.45, 7) is 0. The summed E-state index contributed by atoms with van der Waals surface area (Å²) in [6.07, 6.45) is 1.24. The molecule has 1 aromatic heterocycles. The topological polar surface area (TPSA) is 122 Å². The van der Waals surface area contributed by atoms with Crippen molar-refractivity contribution in [2.75, 3.05) is 0 Å². The van der Waals surface area contributed by atoms with E-state index in [0.29, 0.717) is 0 Å². The van der Waals surface area contributed by atoms with Crippen molar-refractivity contribution >= 4 is 68.9 Å². The van der Waals surface area contributed by atoms with Crippen LogP contribution in [0.3, 0.4) is 0 Å². The van der Waals surface area contributed by atoms with Gasteiger partial charge >= 0.3 is 0 Å².